The summed E-state index contributed by atoms with van der Waals surface area (Å²) in [6, 6.07) is 8.98. The molecule has 0 atom stereocenters. The van der Waals surface area contributed by atoms with Crippen molar-refractivity contribution in [1.29, 1.82) is 0 Å². The fourth-order valence-electron chi connectivity index (χ4n) is 6.92. The van der Waals surface area contributed by atoms with Crippen LogP contribution in [0.25, 0.3) is 44.4 Å². The van der Waals surface area contributed by atoms with E-state index in [1.807, 2.05) is 0 Å². The van der Waals surface area contributed by atoms with E-state index in [-0.39, 0.29) is 24.8 Å². The van der Waals surface area contributed by atoms with E-state index in [1.165, 1.54) is 44.5 Å². The molecule has 5 heterocycles. The van der Waals surface area contributed by atoms with Crippen LogP contribution in [-0.2, 0) is 25.7 Å². The molecule has 0 spiro atoms. The summed E-state index contributed by atoms with van der Waals surface area (Å²) in [4.78, 5) is 21.0. The summed E-state index contributed by atoms with van der Waals surface area (Å²) in [6.45, 7) is 17.9. The molecule has 2 aliphatic heterocycles. The van der Waals surface area contributed by atoms with E-state index >= 15 is 0 Å². The summed E-state index contributed by atoms with van der Waals surface area (Å²) in [5.74, 6) is 0. The average molecular weight is 575 g/mol. The maximum Gasteiger partial charge on any atom is 3.00 e. The average Bonchev–Trinajstić information content (AvgIpc) is 3.67. The van der Waals surface area contributed by atoms with E-state index in [0.717, 1.165) is 96.2 Å². The van der Waals surface area contributed by atoms with Gasteiger partial charge in [-0.2, -0.15) is 0 Å². The molecule has 0 amide bonds. The van der Waals surface area contributed by atoms with Crippen molar-refractivity contribution < 1.29 is 0 Å². The van der Waals surface area contributed by atoms with Gasteiger partial charge < -0.3 is 17.4 Å². The quantitative estimate of drug-likeness (QED) is 0.199. The molecule has 0 unspecified atom stereocenters. The molecule has 2 aliphatic rings. The van der Waals surface area contributed by atoms with Crippen LogP contribution < -0.4 is 9.97 Å². The third kappa shape index (κ3) is 5.59. The SMILES string of the molecule is CCC1=C(CC)c2cc3[n-]c(cc4nc(cc5[n-]c(cc1n2)c(CC)c5CC)C(CC)=C4CC)c(CC)c3CC.[Al+3].[CH3-]. The molecular weight excluding hydrogens is 527 g/mol. The van der Waals surface area contributed by atoms with Crippen molar-refractivity contribution in [2.24, 2.45) is 0 Å². The van der Waals surface area contributed by atoms with Gasteiger partial charge in [-0.25, -0.2) is 9.97 Å². The third-order valence-corrected chi connectivity index (χ3v) is 8.82. The van der Waals surface area contributed by atoms with Gasteiger partial charge in [0.05, 0.1) is 22.8 Å². The van der Waals surface area contributed by atoms with Gasteiger partial charge in [0, 0.05) is 0 Å². The van der Waals surface area contributed by atoms with Crippen molar-refractivity contribution in [3.05, 3.63) is 76.7 Å². The van der Waals surface area contributed by atoms with Crippen LogP contribution in [0.5, 0.6) is 0 Å². The Balaban J connectivity index is 0.00000242. The summed E-state index contributed by atoms with van der Waals surface area (Å²) in [6.07, 6.45) is 7.60. The predicted octanol–water partition coefficient (Wildman–Crippen LogP) is 9.35. The standard InChI is InChI=1S/C36H44N4.CH3.Al/c1-9-21-22(10-2)30-18-32-25(13-5)26(14-6)34(39-32)20-36-28(16-8)27(15-7)35(40-36)19-33-24(12-4)23(11-3)31(38-33)17-29(21)37-30;;/h17-20H,9-16H2,1-8H3;1H3;/q-2;-1;+3. The minimum atomic E-state index is 0. The van der Waals surface area contributed by atoms with Gasteiger partial charge in [-0.05, 0) is 73.7 Å². The summed E-state index contributed by atoms with van der Waals surface area (Å²) >= 11 is 0. The number of allylic oxidation sites excluding steroid dienone is 4. The molecule has 0 aromatic carbocycles. The van der Waals surface area contributed by atoms with Crippen molar-refractivity contribution >= 4 is 61.7 Å². The molecule has 0 saturated carbocycles. The number of hydrogen-bond acceptors (Lipinski definition) is 2. The molecule has 0 aliphatic carbocycles. The summed E-state index contributed by atoms with van der Waals surface area (Å²) in [7, 11) is 0. The first-order chi connectivity index (χ1) is 19.5. The van der Waals surface area contributed by atoms with Crippen LogP contribution >= 0.6 is 0 Å². The summed E-state index contributed by atoms with van der Waals surface area (Å²) in [5, 5.41) is 0. The number of aryl methyl sites for hydroxylation is 4. The van der Waals surface area contributed by atoms with Gasteiger partial charge >= 0.3 is 17.4 Å². The molecular formula is C37H47AlN4. The van der Waals surface area contributed by atoms with Crippen LogP contribution in [0.3, 0.4) is 0 Å². The van der Waals surface area contributed by atoms with Crippen LogP contribution in [0.2, 0.25) is 0 Å². The van der Waals surface area contributed by atoms with Crippen LogP contribution in [-0.4, -0.2) is 27.3 Å². The van der Waals surface area contributed by atoms with Gasteiger partial charge in [0.15, 0.2) is 0 Å². The molecule has 3 aromatic rings. The molecule has 4 nitrogen and oxygen atoms in total. The second kappa shape index (κ2) is 14.1. The number of nitrogens with zero attached hydrogens (tertiary/aromatic N) is 4. The second-order valence-electron chi connectivity index (χ2n) is 10.8. The number of rotatable bonds is 8. The van der Waals surface area contributed by atoms with Crippen molar-refractivity contribution in [3.8, 4) is 0 Å². The zero-order valence-corrected chi connectivity index (χ0v) is 28.5. The van der Waals surface area contributed by atoms with Gasteiger partial charge in [-0.15, -0.1) is 22.1 Å². The molecule has 0 radical (unpaired) electrons. The summed E-state index contributed by atoms with van der Waals surface area (Å²) < 4.78 is 0. The van der Waals surface area contributed by atoms with E-state index in [4.69, 9.17) is 19.9 Å². The minimum absolute atomic E-state index is 0. The number of aromatic nitrogens is 4. The molecule has 3 aromatic heterocycles. The van der Waals surface area contributed by atoms with Crippen molar-refractivity contribution in [2.45, 2.75) is 107 Å². The Morgan fingerprint density at radius 3 is 0.786 bits per heavy atom. The van der Waals surface area contributed by atoms with Crippen molar-refractivity contribution in [3.63, 3.8) is 0 Å². The molecule has 42 heavy (non-hydrogen) atoms. The van der Waals surface area contributed by atoms with Crippen molar-refractivity contribution in [1.82, 2.24) is 19.9 Å². The van der Waals surface area contributed by atoms with Gasteiger partial charge in [0.2, 0.25) is 0 Å². The molecule has 0 saturated heterocycles. The van der Waals surface area contributed by atoms with Crippen LogP contribution in [0, 0.1) is 7.43 Å². The molecule has 5 rings (SSSR count). The fraction of sp³-hybridized carbons (Fsp3) is 0.432. The minimum Gasteiger partial charge on any atom is -0.657 e. The number of hydrogen-bond donors (Lipinski definition) is 0. The van der Waals surface area contributed by atoms with Crippen LogP contribution in [0.4, 0.5) is 0 Å². The maximum absolute atomic E-state index is 5.25. The predicted molar refractivity (Wildman–Crippen MR) is 183 cm³/mol. The molecule has 0 fully saturated rings. The first kappa shape index (κ1) is 33.6. The molecule has 0 N–H and O–H groups in total. The Bertz CT molecular complexity index is 1440. The Kier molecular flexibility index (Phi) is 11.3. The zero-order chi connectivity index (χ0) is 28.6. The van der Waals surface area contributed by atoms with Gasteiger partial charge in [-0.3, -0.25) is 0 Å². The molecule has 5 heteroatoms. The maximum atomic E-state index is 5.25. The van der Waals surface area contributed by atoms with Crippen molar-refractivity contribution in [2.75, 3.05) is 0 Å². The largest absolute Gasteiger partial charge is 3.00 e. The normalized spacial score (nSPS) is 13.0. The van der Waals surface area contributed by atoms with Gasteiger partial charge in [0.25, 0.3) is 0 Å². The monoisotopic (exact) mass is 574 g/mol. The van der Waals surface area contributed by atoms with E-state index in [0.29, 0.717) is 0 Å². The second-order valence-corrected chi connectivity index (χ2v) is 10.8. The van der Waals surface area contributed by atoms with Crippen LogP contribution in [0.1, 0.15) is 126 Å². The first-order valence-electron chi connectivity index (χ1n) is 15.6. The Morgan fingerprint density at radius 2 is 0.619 bits per heavy atom. The Labute approximate surface area is 264 Å². The van der Waals surface area contributed by atoms with Gasteiger partial charge in [-0.1, -0.05) is 102 Å². The summed E-state index contributed by atoms with van der Waals surface area (Å²) in [5.41, 5.74) is 19.1. The van der Waals surface area contributed by atoms with E-state index < -0.39 is 0 Å². The fourth-order valence-corrected chi connectivity index (χ4v) is 6.92. The zero-order valence-electron chi connectivity index (χ0n) is 27.3. The first-order valence-corrected chi connectivity index (χ1v) is 15.6. The van der Waals surface area contributed by atoms with E-state index in [2.05, 4.69) is 79.7 Å². The number of fused-ring (bicyclic) bond motifs is 8. The Morgan fingerprint density at radius 1 is 0.405 bits per heavy atom. The smallest absolute Gasteiger partial charge is 0.657 e. The molecule has 8 bridgehead atoms. The van der Waals surface area contributed by atoms with E-state index in [1.54, 1.807) is 0 Å². The van der Waals surface area contributed by atoms with Gasteiger partial charge in [0.1, 0.15) is 0 Å². The van der Waals surface area contributed by atoms with Crippen LogP contribution in [0.15, 0.2) is 24.3 Å². The third-order valence-electron chi connectivity index (χ3n) is 8.82. The Hall–Kier alpha value is -2.87. The topological polar surface area (TPSA) is 54.0 Å². The van der Waals surface area contributed by atoms with E-state index in [9.17, 15) is 0 Å². The molecule has 218 valence electrons.